The number of carbonyl (C=O) groups is 2. The van der Waals surface area contributed by atoms with Gasteiger partial charge in [-0.15, -0.1) is 0 Å². The van der Waals surface area contributed by atoms with Crippen molar-refractivity contribution in [2.75, 3.05) is 45.3 Å². The number of pyridine rings is 1. The van der Waals surface area contributed by atoms with Crippen LogP contribution in [0.3, 0.4) is 0 Å². The van der Waals surface area contributed by atoms with Gasteiger partial charge in [0.25, 0.3) is 0 Å². The van der Waals surface area contributed by atoms with Crippen molar-refractivity contribution in [2.45, 2.75) is 68.9 Å². The van der Waals surface area contributed by atoms with Crippen molar-refractivity contribution < 1.29 is 23.8 Å². The van der Waals surface area contributed by atoms with Crippen LogP contribution in [0.1, 0.15) is 61.0 Å². The standard InChI is InChI=1S/C28H38FN7O4/c1-40-22(15-29)18-36(13-3-2-6-21-8-7-19-5-4-12-31-25(19)33-21)14-9-23(26(37)38)34-27(39)28(10-11-28)24-20(16-30)17-32-35-24/h7-8,17,22-23H,2-6,9-15,18H2,1H3,(H,31,33)(H,32,35)(H,34,39)(H,37,38)/t22-,23+/m1/s1. The van der Waals surface area contributed by atoms with E-state index >= 15 is 0 Å². The summed E-state index contributed by atoms with van der Waals surface area (Å²) in [6.45, 7) is 1.59. The van der Waals surface area contributed by atoms with Crippen LogP contribution in [0.4, 0.5) is 10.2 Å². The number of aryl methyl sites for hydroxylation is 2. The smallest absolute Gasteiger partial charge is 0.326 e. The number of unbranched alkanes of at least 4 members (excludes halogenated alkanes) is 1. The number of hydrogen-bond donors (Lipinski definition) is 4. The second-order valence-electron chi connectivity index (χ2n) is 10.6. The van der Waals surface area contributed by atoms with Gasteiger partial charge in [0.2, 0.25) is 5.91 Å². The molecule has 3 heterocycles. The fourth-order valence-corrected chi connectivity index (χ4v) is 5.22. The van der Waals surface area contributed by atoms with Crippen molar-refractivity contribution in [1.82, 2.24) is 25.4 Å². The number of aliphatic carboxylic acids is 1. The highest BCUT2D eigenvalue weighted by molar-refractivity contribution is 5.94. The van der Waals surface area contributed by atoms with Crippen molar-refractivity contribution in [2.24, 2.45) is 0 Å². The van der Waals surface area contributed by atoms with E-state index in [9.17, 15) is 24.3 Å². The summed E-state index contributed by atoms with van der Waals surface area (Å²) in [5.74, 6) is -0.616. The summed E-state index contributed by atoms with van der Waals surface area (Å²) in [6, 6.07) is 5.11. The number of aromatic amines is 1. The molecular formula is C28H38FN7O4. The lowest BCUT2D eigenvalue weighted by Crippen LogP contribution is -2.48. The molecule has 216 valence electrons. The Hall–Kier alpha value is -3.56. The number of amides is 1. The summed E-state index contributed by atoms with van der Waals surface area (Å²) in [4.78, 5) is 31.9. The Labute approximate surface area is 233 Å². The summed E-state index contributed by atoms with van der Waals surface area (Å²) >= 11 is 0. The molecule has 0 spiro atoms. The summed E-state index contributed by atoms with van der Waals surface area (Å²) in [6.07, 6.45) is 6.62. The van der Waals surface area contributed by atoms with Gasteiger partial charge in [-0.25, -0.2) is 14.2 Å². The highest BCUT2D eigenvalue weighted by Gasteiger charge is 2.55. The summed E-state index contributed by atoms with van der Waals surface area (Å²) in [5, 5.41) is 31.9. The molecule has 1 saturated carbocycles. The van der Waals surface area contributed by atoms with E-state index in [1.165, 1.54) is 18.9 Å². The van der Waals surface area contributed by atoms with E-state index in [2.05, 4.69) is 33.0 Å². The van der Waals surface area contributed by atoms with Crippen molar-refractivity contribution in [3.05, 3.63) is 40.8 Å². The maximum absolute atomic E-state index is 13.5. The number of carbonyl (C=O) groups excluding carboxylic acids is 1. The van der Waals surface area contributed by atoms with E-state index in [1.807, 2.05) is 11.0 Å². The molecule has 1 fully saturated rings. The highest BCUT2D eigenvalue weighted by atomic mass is 19.1. The number of carboxylic acids is 1. The zero-order chi connectivity index (χ0) is 28.5. The predicted octanol–water partition coefficient (Wildman–Crippen LogP) is 2.33. The molecule has 0 bridgehead atoms. The van der Waals surface area contributed by atoms with E-state index in [0.717, 1.165) is 50.2 Å². The average Bonchev–Trinajstić information content (AvgIpc) is 3.64. The number of halogens is 1. The van der Waals surface area contributed by atoms with Crippen LogP contribution in [-0.2, 0) is 32.6 Å². The van der Waals surface area contributed by atoms with Gasteiger partial charge in [0.05, 0.1) is 22.8 Å². The topological polar surface area (TPSA) is 156 Å². The van der Waals surface area contributed by atoms with Crippen molar-refractivity contribution in [3.63, 3.8) is 0 Å². The van der Waals surface area contributed by atoms with Gasteiger partial charge < -0.3 is 25.4 Å². The molecule has 11 nitrogen and oxygen atoms in total. The summed E-state index contributed by atoms with van der Waals surface area (Å²) in [7, 11) is 1.46. The van der Waals surface area contributed by atoms with Gasteiger partial charge in [0, 0.05) is 38.6 Å². The fourth-order valence-electron chi connectivity index (χ4n) is 5.22. The molecule has 1 aliphatic heterocycles. The van der Waals surface area contributed by atoms with Crippen molar-refractivity contribution >= 4 is 17.7 Å². The quantitative estimate of drug-likeness (QED) is 0.228. The zero-order valence-corrected chi connectivity index (χ0v) is 22.9. The first kappa shape index (κ1) is 29.4. The third-order valence-corrected chi connectivity index (χ3v) is 7.81. The molecule has 2 aromatic heterocycles. The third kappa shape index (κ3) is 7.14. The first-order chi connectivity index (χ1) is 19.4. The molecule has 2 aliphatic rings. The van der Waals surface area contributed by atoms with Crippen LogP contribution in [0.25, 0.3) is 0 Å². The van der Waals surface area contributed by atoms with Crippen LogP contribution in [0.15, 0.2) is 18.3 Å². The molecule has 1 aliphatic carbocycles. The number of methoxy groups -OCH3 is 1. The maximum Gasteiger partial charge on any atom is 0.326 e. The minimum absolute atomic E-state index is 0.142. The molecule has 1 amide bonds. The number of alkyl halides is 1. The molecular weight excluding hydrogens is 517 g/mol. The van der Waals surface area contributed by atoms with Gasteiger partial charge in [0.15, 0.2) is 0 Å². The molecule has 4 rings (SSSR count). The van der Waals surface area contributed by atoms with E-state index in [-0.39, 0.29) is 12.0 Å². The van der Waals surface area contributed by atoms with Crippen LogP contribution < -0.4 is 10.6 Å². The number of nitriles is 1. The van der Waals surface area contributed by atoms with Crippen LogP contribution in [0.5, 0.6) is 0 Å². The van der Waals surface area contributed by atoms with Crippen molar-refractivity contribution in [3.8, 4) is 6.07 Å². The maximum atomic E-state index is 13.5. The minimum Gasteiger partial charge on any atom is -0.480 e. The first-order valence-corrected chi connectivity index (χ1v) is 13.9. The molecule has 12 heteroatoms. The average molecular weight is 556 g/mol. The molecule has 0 unspecified atom stereocenters. The number of ether oxygens (including phenoxy) is 1. The Morgan fingerprint density at radius 3 is 2.85 bits per heavy atom. The lowest BCUT2D eigenvalue weighted by molar-refractivity contribution is -0.142. The molecule has 40 heavy (non-hydrogen) atoms. The molecule has 0 radical (unpaired) electrons. The van der Waals surface area contributed by atoms with Gasteiger partial charge in [-0.1, -0.05) is 6.07 Å². The Bertz CT molecular complexity index is 1210. The molecule has 4 N–H and O–H groups in total. The monoisotopic (exact) mass is 555 g/mol. The number of hydrogen-bond acceptors (Lipinski definition) is 8. The SMILES string of the molecule is CO[C@H](CF)CN(CCCCc1ccc2c(n1)NCCC2)CC[C@H](NC(=O)C1(c2n[nH]cc2C#N)CC1)C(=O)O. The van der Waals surface area contributed by atoms with E-state index in [1.54, 1.807) is 0 Å². The van der Waals surface area contributed by atoms with E-state index < -0.39 is 36.1 Å². The number of fused-ring (bicyclic) bond motifs is 1. The number of anilines is 1. The molecule has 0 aromatic carbocycles. The van der Waals surface area contributed by atoms with E-state index in [0.29, 0.717) is 38.2 Å². The lowest BCUT2D eigenvalue weighted by Gasteiger charge is -2.27. The van der Waals surface area contributed by atoms with Gasteiger partial charge in [-0.2, -0.15) is 10.4 Å². The van der Waals surface area contributed by atoms with Gasteiger partial charge in [0.1, 0.15) is 24.6 Å². The first-order valence-electron chi connectivity index (χ1n) is 13.9. The molecule has 2 atom stereocenters. The number of rotatable bonds is 16. The predicted molar refractivity (Wildman–Crippen MR) is 146 cm³/mol. The highest BCUT2D eigenvalue weighted by Crippen LogP contribution is 2.48. The molecule has 0 saturated heterocycles. The normalized spacial score (nSPS) is 16.9. The van der Waals surface area contributed by atoms with Crippen LogP contribution >= 0.6 is 0 Å². The second kappa shape index (κ2) is 13.7. The number of aromatic nitrogens is 3. The van der Waals surface area contributed by atoms with Crippen molar-refractivity contribution in [1.29, 1.82) is 5.26 Å². The van der Waals surface area contributed by atoms with Gasteiger partial charge in [-0.3, -0.25) is 9.89 Å². The Kier molecular flexibility index (Phi) is 10.1. The largest absolute Gasteiger partial charge is 0.480 e. The Morgan fingerprint density at radius 1 is 1.32 bits per heavy atom. The number of nitrogens with one attached hydrogen (secondary N) is 3. The van der Waals surface area contributed by atoms with Gasteiger partial charge >= 0.3 is 5.97 Å². The van der Waals surface area contributed by atoms with E-state index in [4.69, 9.17) is 9.72 Å². The Morgan fingerprint density at radius 2 is 2.15 bits per heavy atom. The number of H-pyrrole nitrogens is 1. The summed E-state index contributed by atoms with van der Waals surface area (Å²) < 4.78 is 18.7. The minimum atomic E-state index is -1.15. The third-order valence-electron chi connectivity index (χ3n) is 7.81. The number of nitrogens with zero attached hydrogens (tertiary/aromatic N) is 4. The second-order valence-corrected chi connectivity index (χ2v) is 10.6. The van der Waals surface area contributed by atoms with Crippen LogP contribution in [0.2, 0.25) is 0 Å². The number of carboxylic acid groups (broad SMARTS) is 1. The Balaban J connectivity index is 1.32. The lowest BCUT2D eigenvalue weighted by atomic mass is 9.97. The van der Waals surface area contributed by atoms with Crippen LogP contribution in [-0.4, -0.2) is 89.2 Å². The molecule has 2 aromatic rings. The zero-order valence-electron chi connectivity index (χ0n) is 22.9. The van der Waals surface area contributed by atoms with Gasteiger partial charge in [-0.05, 0) is 69.5 Å². The fraction of sp³-hybridized carbons (Fsp3) is 0.607. The van der Waals surface area contributed by atoms with Crippen LogP contribution in [0, 0.1) is 11.3 Å². The summed E-state index contributed by atoms with van der Waals surface area (Å²) in [5.41, 5.74) is 1.93.